The molecule has 0 fully saturated rings. The molecule has 0 saturated carbocycles. The molecule has 1 aromatic carbocycles. The fourth-order valence-electron chi connectivity index (χ4n) is 1.35. The first-order valence-corrected chi connectivity index (χ1v) is 5.38. The summed E-state index contributed by atoms with van der Waals surface area (Å²) >= 11 is 0. The zero-order valence-electron chi connectivity index (χ0n) is 9.44. The van der Waals surface area contributed by atoms with E-state index in [2.05, 4.69) is 11.4 Å². The van der Waals surface area contributed by atoms with E-state index in [1.54, 1.807) is 12.1 Å². The number of benzene rings is 1. The van der Waals surface area contributed by atoms with Crippen LogP contribution < -0.4 is 5.32 Å². The second kappa shape index (κ2) is 6.80. The predicted octanol–water partition coefficient (Wildman–Crippen LogP) is 2.44. The van der Waals surface area contributed by atoms with Gasteiger partial charge in [0.25, 0.3) is 0 Å². The lowest BCUT2D eigenvalue weighted by Gasteiger charge is -2.03. The molecule has 0 saturated heterocycles. The first kappa shape index (κ1) is 12.5. The lowest BCUT2D eigenvalue weighted by atomic mass is 10.1. The molecule has 16 heavy (non-hydrogen) atoms. The van der Waals surface area contributed by atoms with Crippen molar-refractivity contribution in [2.24, 2.45) is 0 Å². The van der Waals surface area contributed by atoms with Crippen LogP contribution in [0.25, 0.3) is 0 Å². The van der Waals surface area contributed by atoms with Crippen molar-refractivity contribution < 1.29 is 9.90 Å². The lowest BCUT2D eigenvalue weighted by Crippen LogP contribution is -2.14. The summed E-state index contributed by atoms with van der Waals surface area (Å²) < 4.78 is 0. The van der Waals surface area contributed by atoms with Crippen LogP contribution in [0.2, 0.25) is 0 Å². The number of carboxylic acid groups (broad SMARTS) is 1. The Kier molecular flexibility index (Phi) is 5.29. The van der Waals surface area contributed by atoms with Crippen LogP contribution in [0.1, 0.15) is 29.3 Å². The van der Waals surface area contributed by atoms with Crippen molar-refractivity contribution in [1.29, 1.82) is 0 Å². The SMILES string of the molecule is C/C=C/CCNCc1ccc(C(=O)O)cc1. The summed E-state index contributed by atoms with van der Waals surface area (Å²) in [4.78, 5) is 10.6. The van der Waals surface area contributed by atoms with Gasteiger partial charge in [-0.15, -0.1) is 0 Å². The second-order valence-corrected chi connectivity index (χ2v) is 3.54. The van der Waals surface area contributed by atoms with E-state index in [4.69, 9.17) is 5.11 Å². The highest BCUT2D eigenvalue weighted by molar-refractivity contribution is 5.87. The normalized spacial score (nSPS) is 10.8. The molecule has 0 aliphatic carbocycles. The van der Waals surface area contributed by atoms with Gasteiger partial charge in [0.2, 0.25) is 0 Å². The topological polar surface area (TPSA) is 49.3 Å². The molecule has 3 heteroatoms. The molecule has 1 aromatic rings. The molecule has 0 aliphatic heterocycles. The van der Waals surface area contributed by atoms with Gasteiger partial charge in [-0.2, -0.15) is 0 Å². The molecule has 0 radical (unpaired) electrons. The maximum Gasteiger partial charge on any atom is 0.335 e. The summed E-state index contributed by atoms with van der Waals surface area (Å²) in [6, 6.07) is 6.94. The molecule has 1 rings (SSSR count). The number of allylic oxidation sites excluding steroid dienone is 1. The van der Waals surface area contributed by atoms with Crippen molar-refractivity contribution in [3.05, 3.63) is 47.5 Å². The Labute approximate surface area is 95.8 Å². The first-order valence-electron chi connectivity index (χ1n) is 5.38. The van der Waals surface area contributed by atoms with E-state index in [1.165, 1.54) is 0 Å². The second-order valence-electron chi connectivity index (χ2n) is 3.54. The number of hydrogen-bond donors (Lipinski definition) is 2. The molecule has 0 heterocycles. The number of carbonyl (C=O) groups is 1. The minimum atomic E-state index is -0.882. The molecule has 3 nitrogen and oxygen atoms in total. The molecule has 2 N–H and O–H groups in total. The molecule has 0 atom stereocenters. The van der Waals surface area contributed by atoms with Crippen molar-refractivity contribution in [1.82, 2.24) is 5.32 Å². The maximum absolute atomic E-state index is 10.6. The monoisotopic (exact) mass is 219 g/mol. The van der Waals surface area contributed by atoms with Crippen LogP contribution in [0.3, 0.4) is 0 Å². The first-order chi connectivity index (χ1) is 7.74. The van der Waals surface area contributed by atoms with Crippen molar-refractivity contribution in [2.45, 2.75) is 19.9 Å². The molecule has 0 bridgehead atoms. The zero-order chi connectivity index (χ0) is 11.8. The van der Waals surface area contributed by atoms with E-state index in [-0.39, 0.29) is 0 Å². The van der Waals surface area contributed by atoms with Crippen molar-refractivity contribution in [3.63, 3.8) is 0 Å². The average Bonchev–Trinajstić information content (AvgIpc) is 2.29. The van der Waals surface area contributed by atoms with E-state index >= 15 is 0 Å². The largest absolute Gasteiger partial charge is 0.478 e. The van der Waals surface area contributed by atoms with E-state index < -0.39 is 5.97 Å². The number of rotatable bonds is 6. The summed E-state index contributed by atoms with van der Waals surface area (Å²) in [5.74, 6) is -0.882. The van der Waals surface area contributed by atoms with Gasteiger partial charge in [0, 0.05) is 6.54 Å². The Bertz CT molecular complexity index is 355. The van der Waals surface area contributed by atoms with Crippen LogP contribution in [-0.4, -0.2) is 17.6 Å². The summed E-state index contributed by atoms with van der Waals surface area (Å²) in [5.41, 5.74) is 1.43. The van der Waals surface area contributed by atoms with Gasteiger partial charge >= 0.3 is 5.97 Å². The Hall–Kier alpha value is -1.61. The molecule has 86 valence electrons. The Morgan fingerprint density at radius 3 is 2.62 bits per heavy atom. The Balaban J connectivity index is 2.35. The smallest absolute Gasteiger partial charge is 0.335 e. The van der Waals surface area contributed by atoms with Crippen LogP contribution in [0.15, 0.2) is 36.4 Å². The number of aromatic carboxylic acids is 1. The van der Waals surface area contributed by atoms with Crippen molar-refractivity contribution in [3.8, 4) is 0 Å². The van der Waals surface area contributed by atoms with Gasteiger partial charge in [-0.25, -0.2) is 4.79 Å². The number of nitrogens with one attached hydrogen (secondary N) is 1. The Morgan fingerprint density at radius 2 is 2.06 bits per heavy atom. The molecule has 0 spiro atoms. The minimum absolute atomic E-state index is 0.331. The highest BCUT2D eigenvalue weighted by atomic mass is 16.4. The fourth-order valence-corrected chi connectivity index (χ4v) is 1.35. The van der Waals surface area contributed by atoms with Gasteiger partial charge in [0.1, 0.15) is 0 Å². The minimum Gasteiger partial charge on any atom is -0.478 e. The van der Waals surface area contributed by atoms with Crippen molar-refractivity contribution in [2.75, 3.05) is 6.54 Å². The number of hydrogen-bond acceptors (Lipinski definition) is 2. The van der Waals surface area contributed by atoms with E-state index in [0.29, 0.717) is 5.56 Å². The van der Waals surface area contributed by atoms with Crippen LogP contribution in [-0.2, 0) is 6.54 Å². The van der Waals surface area contributed by atoms with Crippen LogP contribution in [0, 0.1) is 0 Å². The van der Waals surface area contributed by atoms with Gasteiger partial charge in [-0.1, -0.05) is 24.3 Å². The molecule has 0 amide bonds. The van der Waals surface area contributed by atoms with Crippen LogP contribution in [0.5, 0.6) is 0 Å². The molecular formula is C13H17NO2. The van der Waals surface area contributed by atoms with E-state index in [0.717, 1.165) is 25.1 Å². The maximum atomic E-state index is 10.6. The fraction of sp³-hybridized carbons (Fsp3) is 0.308. The van der Waals surface area contributed by atoms with Gasteiger partial charge in [-0.3, -0.25) is 0 Å². The lowest BCUT2D eigenvalue weighted by molar-refractivity contribution is 0.0697. The van der Waals surface area contributed by atoms with Gasteiger partial charge in [-0.05, 0) is 37.6 Å². The molecule has 0 aromatic heterocycles. The Morgan fingerprint density at radius 1 is 1.38 bits per heavy atom. The van der Waals surface area contributed by atoms with Crippen molar-refractivity contribution >= 4 is 5.97 Å². The third-order valence-corrected chi connectivity index (χ3v) is 2.25. The highest BCUT2D eigenvalue weighted by Crippen LogP contribution is 2.04. The van der Waals surface area contributed by atoms with Crippen LogP contribution >= 0.6 is 0 Å². The molecule has 0 aliphatic rings. The standard InChI is InChI=1S/C13H17NO2/c1-2-3-4-9-14-10-11-5-7-12(8-6-11)13(15)16/h2-3,5-8,14H,4,9-10H2,1H3,(H,15,16)/b3-2+. The summed E-state index contributed by atoms with van der Waals surface area (Å²) in [6.45, 7) is 3.72. The van der Waals surface area contributed by atoms with Gasteiger partial charge in [0.15, 0.2) is 0 Å². The molecule has 0 unspecified atom stereocenters. The number of carboxylic acids is 1. The van der Waals surface area contributed by atoms with E-state index in [1.807, 2.05) is 25.1 Å². The van der Waals surface area contributed by atoms with Gasteiger partial charge < -0.3 is 10.4 Å². The predicted molar refractivity (Wildman–Crippen MR) is 64.5 cm³/mol. The third-order valence-electron chi connectivity index (χ3n) is 2.25. The van der Waals surface area contributed by atoms with E-state index in [9.17, 15) is 4.79 Å². The summed E-state index contributed by atoms with van der Waals surface area (Å²) in [6.07, 6.45) is 5.16. The summed E-state index contributed by atoms with van der Waals surface area (Å²) in [7, 11) is 0. The molecular weight excluding hydrogens is 202 g/mol. The van der Waals surface area contributed by atoms with Gasteiger partial charge in [0.05, 0.1) is 5.56 Å². The average molecular weight is 219 g/mol. The van der Waals surface area contributed by atoms with Crippen LogP contribution in [0.4, 0.5) is 0 Å². The quantitative estimate of drug-likeness (QED) is 0.570. The zero-order valence-corrected chi connectivity index (χ0v) is 9.44. The third kappa shape index (κ3) is 4.28. The summed E-state index contributed by atoms with van der Waals surface area (Å²) in [5, 5.41) is 12.0. The highest BCUT2D eigenvalue weighted by Gasteiger charge is 2.00.